The summed E-state index contributed by atoms with van der Waals surface area (Å²) in [6.07, 6.45) is 0.621. The molecular formula is C25H25N5O7S. The molecule has 0 radical (unpaired) electrons. The summed E-state index contributed by atoms with van der Waals surface area (Å²) in [4.78, 5) is 42.2. The molecule has 0 fully saturated rings. The minimum atomic E-state index is -1.33. The topological polar surface area (TPSA) is 147 Å². The Hall–Kier alpha value is -4.26. The first kappa shape index (κ1) is 26.8. The fourth-order valence-corrected chi connectivity index (χ4v) is 4.79. The number of hydrogen-bond acceptors (Lipinski definition) is 11. The summed E-state index contributed by atoms with van der Waals surface area (Å²) in [5, 5.41) is 20.9. The zero-order chi connectivity index (χ0) is 27.4. The number of hydrogen-bond donors (Lipinski definition) is 0. The minimum absolute atomic E-state index is 0.0166. The highest BCUT2D eigenvalue weighted by atomic mass is 32.2. The van der Waals surface area contributed by atoms with Gasteiger partial charge in [0.05, 0.1) is 29.4 Å². The maximum atomic E-state index is 13.1. The molecule has 0 spiro atoms. The summed E-state index contributed by atoms with van der Waals surface area (Å²) < 4.78 is 16.9. The smallest absolute Gasteiger partial charge is 0.315 e. The van der Waals surface area contributed by atoms with Crippen molar-refractivity contribution in [1.82, 2.24) is 15.2 Å². The Morgan fingerprint density at radius 2 is 1.97 bits per heavy atom. The number of methoxy groups -OCH3 is 1. The Balaban J connectivity index is 1.99. The predicted molar refractivity (Wildman–Crippen MR) is 138 cm³/mol. The van der Waals surface area contributed by atoms with Crippen LogP contribution in [0.1, 0.15) is 45.4 Å². The largest absolute Gasteiger partial charge is 0.496 e. The number of amides is 1. The van der Waals surface area contributed by atoms with Gasteiger partial charge in [0.25, 0.3) is 0 Å². The molecule has 1 unspecified atom stereocenters. The zero-order valence-corrected chi connectivity index (χ0v) is 22.0. The second-order valence-electron chi connectivity index (χ2n) is 8.24. The van der Waals surface area contributed by atoms with Crippen LogP contribution >= 0.6 is 11.8 Å². The number of nitro groups is 1. The lowest BCUT2D eigenvalue weighted by molar-refractivity contribution is -0.385. The molecule has 0 saturated heterocycles. The first-order chi connectivity index (χ1) is 18.2. The number of anilines is 1. The van der Waals surface area contributed by atoms with Crippen molar-refractivity contribution < 1.29 is 28.7 Å². The Morgan fingerprint density at radius 1 is 1.21 bits per heavy atom. The maximum Gasteiger partial charge on any atom is 0.315 e. The van der Waals surface area contributed by atoms with E-state index in [1.807, 2.05) is 0 Å². The molecule has 1 amide bonds. The average molecular weight is 540 g/mol. The lowest BCUT2D eigenvalue weighted by Crippen LogP contribution is -2.36. The third kappa shape index (κ3) is 5.37. The van der Waals surface area contributed by atoms with Crippen LogP contribution in [0.5, 0.6) is 17.4 Å². The number of rotatable bonds is 8. The number of unbranched alkanes of at least 4 members (excludes halogenated alkanes) is 1. The third-order valence-electron chi connectivity index (χ3n) is 5.60. The molecule has 2 heterocycles. The van der Waals surface area contributed by atoms with E-state index in [9.17, 15) is 19.7 Å². The highest BCUT2D eigenvalue weighted by Crippen LogP contribution is 2.47. The van der Waals surface area contributed by atoms with E-state index in [2.05, 4.69) is 22.1 Å². The van der Waals surface area contributed by atoms with Crippen LogP contribution in [0.3, 0.4) is 0 Å². The van der Waals surface area contributed by atoms with Crippen LogP contribution in [0.25, 0.3) is 11.3 Å². The van der Waals surface area contributed by atoms with Gasteiger partial charge >= 0.3 is 11.7 Å². The molecule has 38 heavy (non-hydrogen) atoms. The number of esters is 1. The van der Waals surface area contributed by atoms with Crippen molar-refractivity contribution in [1.29, 1.82) is 0 Å². The van der Waals surface area contributed by atoms with Crippen molar-refractivity contribution >= 4 is 35.0 Å². The number of carbonyl (C=O) groups excluding carboxylic acids is 2. The van der Waals surface area contributed by atoms with Crippen LogP contribution in [0, 0.1) is 10.1 Å². The van der Waals surface area contributed by atoms with Gasteiger partial charge in [0.2, 0.25) is 28.9 Å². The summed E-state index contributed by atoms with van der Waals surface area (Å²) >= 11 is 1.41. The highest BCUT2D eigenvalue weighted by molar-refractivity contribution is 7.99. The molecule has 1 aliphatic rings. The summed E-state index contributed by atoms with van der Waals surface area (Å²) in [6.45, 7) is 4.52. The van der Waals surface area contributed by atoms with Gasteiger partial charge in [-0.1, -0.05) is 43.3 Å². The summed E-state index contributed by atoms with van der Waals surface area (Å²) in [7, 11) is 1.34. The van der Waals surface area contributed by atoms with E-state index in [0.717, 1.165) is 31.6 Å². The molecule has 3 aromatic rings. The number of nitrogens with zero attached hydrogens (tertiary/aromatic N) is 5. The van der Waals surface area contributed by atoms with E-state index in [1.54, 1.807) is 24.3 Å². The number of carbonyl (C=O) groups is 2. The molecule has 0 aliphatic carbocycles. The number of ether oxygens (including phenoxy) is 3. The maximum absolute atomic E-state index is 13.1. The number of benzene rings is 2. The molecular weight excluding hydrogens is 514 g/mol. The Bertz CT molecular complexity index is 1400. The van der Waals surface area contributed by atoms with E-state index in [-0.39, 0.29) is 22.9 Å². The van der Waals surface area contributed by atoms with Crippen molar-refractivity contribution in [2.24, 2.45) is 0 Å². The number of fused-ring (bicyclic) bond motifs is 3. The third-order valence-corrected chi connectivity index (χ3v) is 6.52. The Kier molecular flexibility index (Phi) is 8.05. The fourth-order valence-electron chi connectivity index (χ4n) is 3.92. The van der Waals surface area contributed by atoms with Gasteiger partial charge in [0.1, 0.15) is 5.75 Å². The number of para-hydroxylation sites is 1. The monoisotopic (exact) mass is 539 g/mol. The average Bonchev–Trinajstić information content (AvgIpc) is 3.02. The lowest BCUT2D eigenvalue weighted by Gasteiger charge is -2.30. The van der Waals surface area contributed by atoms with Gasteiger partial charge in [-0.2, -0.15) is 4.98 Å². The number of thioether (sulfide) groups is 1. The number of aromatic nitrogens is 3. The van der Waals surface area contributed by atoms with Gasteiger partial charge in [-0.05, 0) is 18.6 Å². The summed E-state index contributed by atoms with van der Waals surface area (Å²) in [5.41, 5.74) is 0.710. The van der Waals surface area contributed by atoms with Gasteiger partial charge < -0.3 is 14.2 Å². The minimum Gasteiger partial charge on any atom is -0.496 e. The van der Waals surface area contributed by atoms with E-state index < -0.39 is 28.7 Å². The highest BCUT2D eigenvalue weighted by Gasteiger charge is 2.39. The Morgan fingerprint density at radius 3 is 2.63 bits per heavy atom. The van der Waals surface area contributed by atoms with E-state index in [0.29, 0.717) is 22.1 Å². The fraction of sp³-hybridized carbons (Fsp3) is 0.320. The first-order valence-electron chi connectivity index (χ1n) is 11.7. The van der Waals surface area contributed by atoms with Gasteiger partial charge in [-0.15, -0.1) is 10.2 Å². The standard InChI is InChI=1S/C25H25N5O7S/c1-5-6-11-38-25-26-23-21(27-28-25)17-9-7-8-10-19(17)29(14(2)31)24(37-23)18-12-16(35-4)13-20(30(33)34)22(18)36-15(3)32/h7-10,12-13,24H,5-6,11H2,1-4H3. The van der Waals surface area contributed by atoms with Crippen molar-refractivity contribution in [2.45, 2.75) is 45.0 Å². The van der Waals surface area contributed by atoms with Crippen LogP contribution < -0.4 is 19.1 Å². The molecule has 0 N–H and O–H groups in total. The summed E-state index contributed by atoms with van der Waals surface area (Å²) in [5.74, 6) is -0.666. The number of nitro benzene ring substituents is 1. The molecule has 1 atom stereocenters. The zero-order valence-electron chi connectivity index (χ0n) is 21.2. The van der Waals surface area contributed by atoms with Gasteiger partial charge in [0.15, 0.2) is 5.69 Å². The molecule has 13 heteroatoms. The molecule has 1 aliphatic heterocycles. The molecule has 2 aromatic carbocycles. The Labute approximate surface area is 222 Å². The van der Waals surface area contributed by atoms with Crippen LogP contribution in [0.4, 0.5) is 11.4 Å². The normalized spacial score (nSPS) is 14.0. The molecule has 4 rings (SSSR count). The van der Waals surface area contributed by atoms with Crippen molar-refractivity contribution in [3.63, 3.8) is 0 Å². The molecule has 1 aromatic heterocycles. The molecule has 198 valence electrons. The van der Waals surface area contributed by atoms with Crippen LogP contribution in [0.2, 0.25) is 0 Å². The van der Waals surface area contributed by atoms with E-state index in [4.69, 9.17) is 14.2 Å². The van der Waals surface area contributed by atoms with Crippen molar-refractivity contribution in [2.75, 3.05) is 17.8 Å². The van der Waals surface area contributed by atoms with Gasteiger partial charge in [-0.25, -0.2) is 0 Å². The lowest BCUT2D eigenvalue weighted by atomic mass is 10.1. The van der Waals surface area contributed by atoms with Crippen molar-refractivity contribution in [3.8, 4) is 28.6 Å². The van der Waals surface area contributed by atoms with Gasteiger partial charge in [0, 0.05) is 25.2 Å². The molecule has 0 bridgehead atoms. The van der Waals surface area contributed by atoms with E-state index >= 15 is 0 Å². The molecule has 0 saturated carbocycles. The van der Waals surface area contributed by atoms with Crippen LogP contribution in [-0.2, 0) is 9.59 Å². The second kappa shape index (κ2) is 11.4. The van der Waals surface area contributed by atoms with E-state index in [1.165, 1.54) is 36.8 Å². The first-order valence-corrected chi connectivity index (χ1v) is 12.7. The SMILES string of the molecule is CCCCSc1nnc2c(n1)OC(c1cc(OC)cc([N+](=O)[O-])c1OC(C)=O)N(C(C)=O)c1ccccc1-2. The van der Waals surface area contributed by atoms with Crippen molar-refractivity contribution in [3.05, 3.63) is 52.1 Å². The molecule has 12 nitrogen and oxygen atoms in total. The van der Waals surface area contributed by atoms with Gasteiger partial charge in [-0.3, -0.25) is 24.6 Å². The van der Waals surface area contributed by atoms with Crippen LogP contribution in [0.15, 0.2) is 41.6 Å². The quantitative estimate of drug-likeness (QED) is 0.0978. The summed E-state index contributed by atoms with van der Waals surface area (Å²) in [6, 6.07) is 9.49. The second-order valence-corrected chi connectivity index (χ2v) is 9.30. The van der Waals surface area contributed by atoms with Crippen LogP contribution in [-0.4, -0.2) is 44.8 Å². The predicted octanol–water partition coefficient (Wildman–Crippen LogP) is 4.72.